The first-order chi connectivity index (χ1) is 9.90. The fourth-order valence-corrected chi connectivity index (χ4v) is 3.35. The van der Waals surface area contributed by atoms with Gasteiger partial charge in [-0.05, 0) is 44.3 Å². The van der Waals surface area contributed by atoms with Crippen molar-refractivity contribution in [1.82, 2.24) is 15.5 Å². The number of hydrogen-bond acceptors (Lipinski definition) is 2. The SMILES string of the molecule is c1ccc(CN2CCC(NC3CC[N]CC3)CC2)cc1. The lowest BCUT2D eigenvalue weighted by Gasteiger charge is -2.35. The molecule has 1 aromatic rings. The maximum Gasteiger partial charge on any atom is 0.0233 e. The van der Waals surface area contributed by atoms with Crippen molar-refractivity contribution in [2.24, 2.45) is 0 Å². The van der Waals surface area contributed by atoms with Crippen molar-refractivity contribution in [3.05, 3.63) is 35.9 Å². The maximum absolute atomic E-state index is 4.43. The first-order valence-electron chi connectivity index (χ1n) is 8.06. The van der Waals surface area contributed by atoms with Gasteiger partial charge in [0.1, 0.15) is 0 Å². The van der Waals surface area contributed by atoms with Crippen LogP contribution in [0.25, 0.3) is 0 Å². The Balaban J connectivity index is 1.40. The molecule has 0 amide bonds. The number of hydrogen-bond donors (Lipinski definition) is 1. The Kier molecular flexibility index (Phi) is 5.06. The molecule has 0 saturated carbocycles. The van der Waals surface area contributed by atoms with Crippen LogP contribution < -0.4 is 10.6 Å². The molecule has 0 atom stereocenters. The summed E-state index contributed by atoms with van der Waals surface area (Å²) in [5.41, 5.74) is 1.44. The van der Waals surface area contributed by atoms with E-state index in [1.165, 1.54) is 44.3 Å². The van der Waals surface area contributed by atoms with Gasteiger partial charge in [0.2, 0.25) is 0 Å². The predicted octanol–water partition coefficient (Wildman–Crippen LogP) is 2.01. The summed E-state index contributed by atoms with van der Waals surface area (Å²) >= 11 is 0. The number of likely N-dealkylation sites (tertiary alicyclic amines) is 1. The Morgan fingerprint density at radius 1 is 0.950 bits per heavy atom. The van der Waals surface area contributed by atoms with Crippen molar-refractivity contribution in [2.75, 3.05) is 26.2 Å². The Morgan fingerprint density at radius 2 is 1.60 bits per heavy atom. The smallest absolute Gasteiger partial charge is 0.0233 e. The number of nitrogens with one attached hydrogen (secondary N) is 1. The zero-order chi connectivity index (χ0) is 13.6. The summed E-state index contributed by atoms with van der Waals surface area (Å²) in [5, 5.41) is 8.29. The molecule has 1 radical (unpaired) electrons. The van der Waals surface area contributed by atoms with Gasteiger partial charge in [-0.3, -0.25) is 4.90 Å². The van der Waals surface area contributed by atoms with Crippen molar-refractivity contribution in [2.45, 2.75) is 44.3 Å². The molecule has 0 bridgehead atoms. The summed E-state index contributed by atoms with van der Waals surface area (Å²) in [6, 6.07) is 12.3. The van der Waals surface area contributed by atoms with Gasteiger partial charge in [0.15, 0.2) is 0 Å². The van der Waals surface area contributed by atoms with Gasteiger partial charge >= 0.3 is 0 Å². The highest BCUT2D eigenvalue weighted by Crippen LogP contribution is 2.15. The molecule has 2 heterocycles. The van der Waals surface area contributed by atoms with Gasteiger partial charge in [-0.2, -0.15) is 0 Å². The van der Waals surface area contributed by atoms with Crippen LogP contribution in [-0.4, -0.2) is 43.2 Å². The minimum absolute atomic E-state index is 0.721. The van der Waals surface area contributed by atoms with Crippen LogP contribution in [-0.2, 0) is 6.54 Å². The molecule has 2 saturated heterocycles. The van der Waals surface area contributed by atoms with E-state index in [9.17, 15) is 0 Å². The lowest BCUT2D eigenvalue weighted by atomic mass is 10.00. The normalized spacial score (nSPS) is 23.0. The van der Waals surface area contributed by atoms with Crippen molar-refractivity contribution in [1.29, 1.82) is 0 Å². The van der Waals surface area contributed by atoms with Gasteiger partial charge < -0.3 is 5.32 Å². The van der Waals surface area contributed by atoms with Crippen molar-refractivity contribution in [3.63, 3.8) is 0 Å². The summed E-state index contributed by atoms with van der Waals surface area (Å²) in [5.74, 6) is 0. The molecule has 3 nitrogen and oxygen atoms in total. The minimum Gasteiger partial charge on any atom is -0.311 e. The van der Waals surface area contributed by atoms with Crippen LogP contribution >= 0.6 is 0 Å². The van der Waals surface area contributed by atoms with Crippen LogP contribution in [0.1, 0.15) is 31.2 Å². The maximum atomic E-state index is 4.43. The second-order valence-corrected chi connectivity index (χ2v) is 6.15. The van der Waals surface area contributed by atoms with Crippen molar-refractivity contribution in [3.8, 4) is 0 Å². The third kappa shape index (κ3) is 4.05. The third-order valence-electron chi connectivity index (χ3n) is 4.58. The molecule has 109 valence electrons. The number of rotatable bonds is 4. The topological polar surface area (TPSA) is 29.4 Å². The Labute approximate surface area is 122 Å². The van der Waals surface area contributed by atoms with Gasteiger partial charge in [-0.25, -0.2) is 5.32 Å². The number of nitrogens with zero attached hydrogens (tertiary/aromatic N) is 2. The lowest BCUT2D eigenvalue weighted by Crippen LogP contribution is -2.48. The molecule has 3 heteroatoms. The zero-order valence-corrected chi connectivity index (χ0v) is 12.3. The van der Waals surface area contributed by atoms with Crippen molar-refractivity contribution < 1.29 is 0 Å². The summed E-state index contributed by atoms with van der Waals surface area (Å²) < 4.78 is 0. The van der Waals surface area contributed by atoms with Crippen molar-refractivity contribution >= 4 is 0 Å². The summed E-state index contributed by atoms with van der Waals surface area (Å²) in [6.07, 6.45) is 5.06. The molecule has 0 unspecified atom stereocenters. The standard InChI is InChI=1S/C17H26N3/c1-2-4-15(5-3-1)14-20-12-8-17(9-13-20)19-16-6-10-18-11-7-16/h1-5,16-17,19H,6-14H2. The number of piperidine rings is 2. The van der Waals surface area contributed by atoms with Crippen LogP contribution in [0.5, 0.6) is 0 Å². The highest BCUT2D eigenvalue weighted by atomic mass is 15.1. The van der Waals surface area contributed by atoms with Gasteiger partial charge in [-0.15, -0.1) is 0 Å². The van der Waals surface area contributed by atoms with E-state index in [1.54, 1.807) is 0 Å². The van der Waals surface area contributed by atoms with E-state index in [4.69, 9.17) is 0 Å². The van der Waals surface area contributed by atoms with Crippen LogP contribution in [0.15, 0.2) is 30.3 Å². The molecule has 1 aromatic carbocycles. The molecule has 0 aliphatic carbocycles. The molecular weight excluding hydrogens is 246 g/mol. The molecule has 2 aliphatic rings. The fraction of sp³-hybridized carbons (Fsp3) is 0.647. The highest BCUT2D eigenvalue weighted by Gasteiger charge is 2.22. The van der Waals surface area contributed by atoms with Crippen LogP contribution in [0, 0.1) is 0 Å². The molecule has 2 fully saturated rings. The van der Waals surface area contributed by atoms with E-state index >= 15 is 0 Å². The van der Waals surface area contributed by atoms with Gasteiger partial charge in [0, 0.05) is 31.7 Å². The molecule has 2 aliphatic heterocycles. The molecule has 20 heavy (non-hydrogen) atoms. The zero-order valence-electron chi connectivity index (χ0n) is 12.3. The van der Waals surface area contributed by atoms with Gasteiger partial charge in [0.25, 0.3) is 0 Å². The second-order valence-electron chi connectivity index (χ2n) is 6.15. The highest BCUT2D eigenvalue weighted by molar-refractivity contribution is 5.14. The Hall–Kier alpha value is -0.900. The monoisotopic (exact) mass is 272 g/mol. The first kappa shape index (κ1) is 14.1. The lowest BCUT2D eigenvalue weighted by molar-refractivity contribution is 0.179. The molecule has 3 rings (SSSR count). The average Bonchev–Trinajstić information content (AvgIpc) is 2.51. The first-order valence-corrected chi connectivity index (χ1v) is 8.06. The van der Waals surface area contributed by atoms with Crippen LogP contribution in [0.3, 0.4) is 0 Å². The largest absolute Gasteiger partial charge is 0.311 e. The molecule has 0 spiro atoms. The van der Waals surface area contributed by atoms with Gasteiger partial charge in [-0.1, -0.05) is 30.3 Å². The van der Waals surface area contributed by atoms with E-state index in [-0.39, 0.29) is 0 Å². The van der Waals surface area contributed by atoms with E-state index in [2.05, 4.69) is 45.9 Å². The van der Waals surface area contributed by atoms with Crippen LogP contribution in [0.4, 0.5) is 0 Å². The summed E-state index contributed by atoms with van der Waals surface area (Å²) in [6.45, 7) is 5.68. The second kappa shape index (κ2) is 7.21. The van der Waals surface area contributed by atoms with E-state index in [0.717, 1.165) is 31.7 Å². The fourth-order valence-electron chi connectivity index (χ4n) is 3.35. The third-order valence-corrected chi connectivity index (χ3v) is 4.58. The Morgan fingerprint density at radius 3 is 2.30 bits per heavy atom. The quantitative estimate of drug-likeness (QED) is 0.908. The average molecular weight is 272 g/mol. The molecular formula is C17H26N3. The molecule has 0 aromatic heterocycles. The summed E-state index contributed by atoms with van der Waals surface area (Å²) in [7, 11) is 0. The van der Waals surface area contributed by atoms with E-state index < -0.39 is 0 Å². The van der Waals surface area contributed by atoms with E-state index in [1.807, 2.05) is 0 Å². The van der Waals surface area contributed by atoms with Gasteiger partial charge in [0.05, 0.1) is 0 Å². The Bertz CT molecular complexity index is 378. The minimum atomic E-state index is 0.721. The predicted molar refractivity (Wildman–Crippen MR) is 82.8 cm³/mol. The number of benzene rings is 1. The van der Waals surface area contributed by atoms with Crippen LogP contribution in [0.2, 0.25) is 0 Å². The molecule has 1 N–H and O–H groups in total. The summed E-state index contributed by atoms with van der Waals surface area (Å²) in [4.78, 5) is 2.59. The van der Waals surface area contributed by atoms with E-state index in [0.29, 0.717) is 0 Å².